The molecule has 114 valence electrons. The molecule has 0 aromatic heterocycles. The number of unbranched alkanes of at least 4 members (excludes halogenated alkanes) is 2. The molecule has 0 bridgehead atoms. The number of benzene rings is 1. The molecule has 2 atom stereocenters. The standard InChI is InChI=1S/C19H33N/c1-5-8-10-15-19(18-13-11-9-12-14-18)20-16(4)17(6-2)7-3/h9,11-14,16-17,19-20H,5-8,10,15H2,1-4H3. The molecule has 1 N–H and O–H groups in total. The molecule has 1 nitrogen and oxygen atoms in total. The summed E-state index contributed by atoms with van der Waals surface area (Å²) in [4.78, 5) is 0. The Morgan fingerprint density at radius 1 is 0.950 bits per heavy atom. The Bertz CT molecular complexity index is 329. The van der Waals surface area contributed by atoms with Crippen molar-refractivity contribution in [3.63, 3.8) is 0 Å². The van der Waals surface area contributed by atoms with Crippen molar-refractivity contribution in [2.45, 2.75) is 78.3 Å². The van der Waals surface area contributed by atoms with Crippen molar-refractivity contribution >= 4 is 0 Å². The molecule has 0 spiro atoms. The van der Waals surface area contributed by atoms with Gasteiger partial charge in [-0.1, -0.05) is 83.2 Å². The van der Waals surface area contributed by atoms with E-state index in [2.05, 4.69) is 63.3 Å². The van der Waals surface area contributed by atoms with Gasteiger partial charge >= 0.3 is 0 Å². The fourth-order valence-electron chi connectivity index (χ4n) is 3.08. The van der Waals surface area contributed by atoms with Gasteiger partial charge in [0.05, 0.1) is 0 Å². The summed E-state index contributed by atoms with van der Waals surface area (Å²) >= 11 is 0. The fourth-order valence-corrected chi connectivity index (χ4v) is 3.08. The minimum Gasteiger partial charge on any atom is -0.307 e. The first kappa shape index (κ1) is 17.2. The van der Waals surface area contributed by atoms with Crippen molar-refractivity contribution < 1.29 is 0 Å². The summed E-state index contributed by atoms with van der Waals surface area (Å²) in [5.41, 5.74) is 1.45. The minimum atomic E-state index is 0.512. The molecule has 1 aromatic rings. The number of hydrogen-bond donors (Lipinski definition) is 1. The summed E-state index contributed by atoms with van der Waals surface area (Å²) in [7, 11) is 0. The van der Waals surface area contributed by atoms with Crippen molar-refractivity contribution in [2.24, 2.45) is 5.92 Å². The highest BCUT2D eigenvalue weighted by atomic mass is 14.9. The highest BCUT2D eigenvalue weighted by Crippen LogP contribution is 2.23. The average Bonchev–Trinajstić information content (AvgIpc) is 2.48. The lowest BCUT2D eigenvalue weighted by molar-refractivity contribution is 0.312. The van der Waals surface area contributed by atoms with Crippen molar-refractivity contribution in [2.75, 3.05) is 0 Å². The second-order valence-corrected chi connectivity index (χ2v) is 5.99. The predicted molar refractivity (Wildman–Crippen MR) is 90.0 cm³/mol. The van der Waals surface area contributed by atoms with Crippen LogP contribution in [-0.4, -0.2) is 6.04 Å². The minimum absolute atomic E-state index is 0.512. The zero-order valence-corrected chi connectivity index (χ0v) is 13.9. The van der Waals surface area contributed by atoms with Gasteiger partial charge in [-0.25, -0.2) is 0 Å². The predicted octanol–water partition coefficient (Wildman–Crippen LogP) is 5.72. The van der Waals surface area contributed by atoms with Crippen molar-refractivity contribution in [3.8, 4) is 0 Å². The van der Waals surface area contributed by atoms with Crippen LogP contribution in [0, 0.1) is 5.92 Å². The Labute approximate surface area is 126 Å². The molecule has 0 radical (unpaired) electrons. The van der Waals surface area contributed by atoms with Gasteiger partial charge in [0.25, 0.3) is 0 Å². The van der Waals surface area contributed by atoms with Crippen LogP contribution in [0.4, 0.5) is 0 Å². The zero-order valence-electron chi connectivity index (χ0n) is 13.9. The van der Waals surface area contributed by atoms with Gasteiger partial charge in [0.1, 0.15) is 0 Å². The van der Waals surface area contributed by atoms with Gasteiger partial charge < -0.3 is 5.32 Å². The van der Waals surface area contributed by atoms with E-state index in [9.17, 15) is 0 Å². The molecular formula is C19H33N. The first-order valence-electron chi connectivity index (χ1n) is 8.53. The quantitative estimate of drug-likeness (QED) is 0.538. The SMILES string of the molecule is CCCCCC(NC(C)C(CC)CC)c1ccccc1. The third-order valence-electron chi connectivity index (χ3n) is 4.52. The molecule has 2 unspecified atom stereocenters. The van der Waals surface area contributed by atoms with E-state index in [0.29, 0.717) is 12.1 Å². The molecule has 0 aliphatic rings. The summed E-state index contributed by atoms with van der Waals surface area (Å²) in [6.45, 7) is 9.24. The van der Waals surface area contributed by atoms with E-state index in [1.54, 1.807) is 0 Å². The molecule has 1 aromatic carbocycles. The first-order valence-corrected chi connectivity index (χ1v) is 8.53. The summed E-state index contributed by atoms with van der Waals surface area (Å²) in [5.74, 6) is 0.785. The van der Waals surface area contributed by atoms with Crippen LogP contribution >= 0.6 is 0 Å². The first-order chi connectivity index (χ1) is 9.72. The topological polar surface area (TPSA) is 12.0 Å². The lowest BCUT2D eigenvalue weighted by Gasteiger charge is -2.29. The van der Waals surface area contributed by atoms with Crippen molar-refractivity contribution in [3.05, 3.63) is 35.9 Å². The third-order valence-corrected chi connectivity index (χ3v) is 4.52. The normalized spacial score (nSPS) is 14.4. The largest absolute Gasteiger partial charge is 0.307 e. The molecule has 0 amide bonds. The molecule has 0 saturated carbocycles. The van der Waals surface area contributed by atoms with Crippen LogP contribution in [0.2, 0.25) is 0 Å². The van der Waals surface area contributed by atoms with Gasteiger partial charge in [-0.3, -0.25) is 0 Å². The van der Waals surface area contributed by atoms with E-state index < -0.39 is 0 Å². The monoisotopic (exact) mass is 275 g/mol. The Hall–Kier alpha value is -0.820. The Morgan fingerprint density at radius 3 is 2.15 bits per heavy atom. The van der Waals surface area contributed by atoms with E-state index in [-0.39, 0.29) is 0 Å². The average molecular weight is 275 g/mol. The van der Waals surface area contributed by atoms with E-state index in [1.807, 2.05) is 0 Å². The highest BCUT2D eigenvalue weighted by molar-refractivity contribution is 5.19. The van der Waals surface area contributed by atoms with Gasteiger partial charge in [0.15, 0.2) is 0 Å². The zero-order chi connectivity index (χ0) is 14.8. The molecule has 20 heavy (non-hydrogen) atoms. The van der Waals surface area contributed by atoms with Crippen LogP contribution in [-0.2, 0) is 0 Å². The molecule has 0 saturated heterocycles. The van der Waals surface area contributed by atoms with Gasteiger partial charge in [0.2, 0.25) is 0 Å². The molecule has 1 heteroatoms. The van der Waals surface area contributed by atoms with Crippen LogP contribution in [0.15, 0.2) is 30.3 Å². The van der Waals surface area contributed by atoms with Crippen LogP contribution in [0.5, 0.6) is 0 Å². The maximum absolute atomic E-state index is 3.89. The second kappa shape index (κ2) is 9.99. The van der Waals surface area contributed by atoms with Crippen LogP contribution < -0.4 is 5.32 Å². The summed E-state index contributed by atoms with van der Waals surface area (Å²) in [6, 6.07) is 12.1. The Balaban J connectivity index is 2.67. The van der Waals surface area contributed by atoms with Gasteiger partial charge in [-0.2, -0.15) is 0 Å². The van der Waals surface area contributed by atoms with Crippen LogP contribution in [0.25, 0.3) is 0 Å². The number of rotatable bonds is 10. The lowest BCUT2D eigenvalue weighted by atomic mass is 9.92. The van der Waals surface area contributed by atoms with E-state index in [4.69, 9.17) is 0 Å². The summed E-state index contributed by atoms with van der Waals surface area (Å²) < 4.78 is 0. The van der Waals surface area contributed by atoms with E-state index in [1.165, 1.54) is 44.1 Å². The molecule has 0 aliphatic carbocycles. The third kappa shape index (κ3) is 5.66. The maximum atomic E-state index is 3.89. The summed E-state index contributed by atoms with van der Waals surface area (Å²) in [6.07, 6.45) is 7.73. The van der Waals surface area contributed by atoms with Gasteiger partial charge in [-0.05, 0) is 24.8 Å². The van der Waals surface area contributed by atoms with Crippen molar-refractivity contribution in [1.29, 1.82) is 0 Å². The Morgan fingerprint density at radius 2 is 1.60 bits per heavy atom. The molecule has 0 aliphatic heterocycles. The van der Waals surface area contributed by atoms with Crippen LogP contribution in [0.3, 0.4) is 0 Å². The van der Waals surface area contributed by atoms with E-state index in [0.717, 1.165) is 5.92 Å². The van der Waals surface area contributed by atoms with Crippen molar-refractivity contribution in [1.82, 2.24) is 5.32 Å². The molecular weight excluding hydrogens is 242 g/mol. The number of hydrogen-bond acceptors (Lipinski definition) is 1. The fraction of sp³-hybridized carbons (Fsp3) is 0.684. The summed E-state index contributed by atoms with van der Waals surface area (Å²) in [5, 5.41) is 3.89. The second-order valence-electron chi connectivity index (χ2n) is 5.99. The maximum Gasteiger partial charge on any atom is 0.0322 e. The smallest absolute Gasteiger partial charge is 0.0322 e. The molecule has 0 fully saturated rings. The van der Waals surface area contributed by atoms with Gasteiger partial charge in [-0.15, -0.1) is 0 Å². The number of nitrogens with one attached hydrogen (secondary N) is 1. The van der Waals surface area contributed by atoms with E-state index >= 15 is 0 Å². The molecule has 0 heterocycles. The highest BCUT2D eigenvalue weighted by Gasteiger charge is 2.18. The molecule has 1 rings (SSSR count). The van der Waals surface area contributed by atoms with Crippen LogP contribution in [0.1, 0.15) is 77.8 Å². The van der Waals surface area contributed by atoms with Gasteiger partial charge in [0, 0.05) is 12.1 Å². The Kier molecular flexibility index (Phi) is 8.60. The lowest BCUT2D eigenvalue weighted by Crippen LogP contribution is -2.36.